The standard InChI is InChI=1S/C13H14N6O/c1-19-12-9(6-16-19)10(4-5-14-12)15-7-11-17-18-13(20-11)8-2-3-8/h4-6,8H,2-3,7H2,1H3,(H,14,15). The number of aryl methyl sites for hydroxylation is 1. The Morgan fingerprint density at radius 3 is 3.15 bits per heavy atom. The number of hydrogen-bond donors (Lipinski definition) is 1. The van der Waals surface area contributed by atoms with Crippen LogP contribution in [0, 0.1) is 0 Å². The van der Waals surface area contributed by atoms with E-state index in [2.05, 4.69) is 25.6 Å². The predicted molar refractivity (Wildman–Crippen MR) is 72.1 cm³/mol. The maximum absolute atomic E-state index is 5.63. The molecular formula is C13H14N6O. The zero-order valence-corrected chi connectivity index (χ0v) is 11.1. The fourth-order valence-corrected chi connectivity index (χ4v) is 2.20. The van der Waals surface area contributed by atoms with Gasteiger partial charge in [-0.15, -0.1) is 10.2 Å². The molecule has 0 atom stereocenters. The first-order valence-corrected chi connectivity index (χ1v) is 6.64. The minimum atomic E-state index is 0.488. The van der Waals surface area contributed by atoms with Crippen molar-refractivity contribution in [2.45, 2.75) is 25.3 Å². The zero-order chi connectivity index (χ0) is 13.5. The first-order chi connectivity index (χ1) is 9.81. The average molecular weight is 270 g/mol. The highest BCUT2D eigenvalue weighted by molar-refractivity contribution is 5.88. The quantitative estimate of drug-likeness (QED) is 0.779. The van der Waals surface area contributed by atoms with Crippen molar-refractivity contribution in [2.24, 2.45) is 7.05 Å². The smallest absolute Gasteiger partial charge is 0.235 e. The highest BCUT2D eigenvalue weighted by Gasteiger charge is 2.29. The van der Waals surface area contributed by atoms with Crippen molar-refractivity contribution in [3.8, 4) is 0 Å². The summed E-state index contributed by atoms with van der Waals surface area (Å²) in [7, 11) is 1.87. The molecule has 0 saturated heterocycles. The summed E-state index contributed by atoms with van der Waals surface area (Å²) in [5.41, 5.74) is 1.81. The number of nitrogens with zero attached hydrogens (tertiary/aromatic N) is 5. The fraction of sp³-hybridized carbons (Fsp3) is 0.385. The molecule has 3 aromatic rings. The van der Waals surface area contributed by atoms with Gasteiger partial charge in [-0.05, 0) is 18.9 Å². The lowest BCUT2D eigenvalue weighted by Crippen LogP contribution is -2.00. The Labute approximate surface area is 115 Å². The van der Waals surface area contributed by atoms with Crippen LogP contribution in [0.25, 0.3) is 11.0 Å². The van der Waals surface area contributed by atoms with E-state index in [4.69, 9.17) is 4.42 Å². The molecule has 0 spiro atoms. The van der Waals surface area contributed by atoms with Crippen LogP contribution in [-0.2, 0) is 13.6 Å². The van der Waals surface area contributed by atoms with E-state index >= 15 is 0 Å². The number of rotatable bonds is 4. The molecule has 0 aromatic carbocycles. The third-order valence-corrected chi connectivity index (χ3v) is 3.47. The van der Waals surface area contributed by atoms with E-state index in [9.17, 15) is 0 Å². The van der Waals surface area contributed by atoms with Crippen molar-refractivity contribution in [1.29, 1.82) is 0 Å². The first kappa shape index (κ1) is 11.4. The van der Waals surface area contributed by atoms with Gasteiger partial charge in [-0.2, -0.15) is 5.10 Å². The zero-order valence-electron chi connectivity index (χ0n) is 11.1. The minimum absolute atomic E-state index is 0.488. The van der Waals surface area contributed by atoms with Crippen molar-refractivity contribution in [3.63, 3.8) is 0 Å². The lowest BCUT2D eigenvalue weighted by Gasteiger charge is -2.04. The highest BCUT2D eigenvalue weighted by Crippen LogP contribution is 2.39. The molecule has 1 fully saturated rings. The minimum Gasteiger partial charge on any atom is -0.423 e. The molecule has 1 aliphatic rings. The van der Waals surface area contributed by atoms with Gasteiger partial charge in [0.25, 0.3) is 0 Å². The molecule has 20 heavy (non-hydrogen) atoms. The number of hydrogen-bond acceptors (Lipinski definition) is 6. The van der Waals surface area contributed by atoms with Gasteiger partial charge in [0, 0.05) is 24.8 Å². The summed E-state index contributed by atoms with van der Waals surface area (Å²) in [6.07, 6.45) is 5.88. The Bertz CT molecular complexity index is 757. The van der Waals surface area contributed by atoms with E-state index in [-0.39, 0.29) is 0 Å². The summed E-state index contributed by atoms with van der Waals surface area (Å²) in [5, 5.41) is 16.6. The number of fused-ring (bicyclic) bond motifs is 1. The highest BCUT2D eigenvalue weighted by atomic mass is 16.4. The van der Waals surface area contributed by atoms with Crippen LogP contribution in [0.15, 0.2) is 22.9 Å². The SMILES string of the molecule is Cn1ncc2c(NCc3nnc(C4CC4)o3)ccnc21. The monoisotopic (exact) mass is 270 g/mol. The third kappa shape index (κ3) is 1.91. The molecule has 1 N–H and O–H groups in total. The Morgan fingerprint density at radius 1 is 1.40 bits per heavy atom. The Morgan fingerprint density at radius 2 is 2.30 bits per heavy atom. The summed E-state index contributed by atoms with van der Waals surface area (Å²) >= 11 is 0. The first-order valence-electron chi connectivity index (χ1n) is 6.64. The van der Waals surface area contributed by atoms with Gasteiger partial charge < -0.3 is 9.73 Å². The van der Waals surface area contributed by atoms with Crippen LogP contribution in [0.1, 0.15) is 30.5 Å². The third-order valence-electron chi connectivity index (χ3n) is 3.47. The second-order valence-electron chi connectivity index (χ2n) is 5.03. The second kappa shape index (κ2) is 4.29. The summed E-state index contributed by atoms with van der Waals surface area (Å²) in [6, 6.07) is 1.92. The predicted octanol–water partition coefficient (Wildman–Crippen LogP) is 1.84. The topological polar surface area (TPSA) is 81.7 Å². The van der Waals surface area contributed by atoms with Crippen LogP contribution >= 0.6 is 0 Å². The molecule has 3 heterocycles. The van der Waals surface area contributed by atoms with Crippen molar-refractivity contribution in [3.05, 3.63) is 30.2 Å². The lowest BCUT2D eigenvalue weighted by molar-refractivity contribution is 0.457. The molecule has 4 rings (SSSR count). The van der Waals surface area contributed by atoms with Crippen LogP contribution in [0.2, 0.25) is 0 Å². The normalized spacial score (nSPS) is 14.8. The van der Waals surface area contributed by atoms with E-state index in [0.717, 1.165) is 35.5 Å². The van der Waals surface area contributed by atoms with Gasteiger partial charge in [-0.25, -0.2) is 4.98 Å². The van der Waals surface area contributed by atoms with Gasteiger partial charge in [-0.3, -0.25) is 4.68 Å². The van der Waals surface area contributed by atoms with Gasteiger partial charge in [0.05, 0.1) is 18.1 Å². The van der Waals surface area contributed by atoms with Gasteiger partial charge in [0.2, 0.25) is 11.8 Å². The van der Waals surface area contributed by atoms with E-state index in [1.807, 2.05) is 13.1 Å². The van der Waals surface area contributed by atoms with Crippen molar-refractivity contribution in [2.75, 3.05) is 5.32 Å². The van der Waals surface area contributed by atoms with E-state index < -0.39 is 0 Å². The molecule has 0 radical (unpaired) electrons. The molecule has 1 saturated carbocycles. The van der Waals surface area contributed by atoms with Crippen LogP contribution in [0.3, 0.4) is 0 Å². The maximum atomic E-state index is 5.63. The van der Waals surface area contributed by atoms with Gasteiger partial charge in [0.1, 0.15) is 0 Å². The van der Waals surface area contributed by atoms with Gasteiger partial charge in [-0.1, -0.05) is 0 Å². The lowest BCUT2D eigenvalue weighted by atomic mass is 10.3. The molecule has 102 valence electrons. The van der Waals surface area contributed by atoms with Gasteiger partial charge >= 0.3 is 0 Å². The molecule has 0 unspecified atom stereocenters. The molecule has 1 aliphatic carbocycles. The summed E-state index contributed by atoms with van der Waals surface area (Å²) in [6.45, 7) is 0.508. The van der Waals surface area contributed by atoms with Crippen molar-refractivity contribution >= 4 is 16.7 Å². The fourth-order valence-electron chi connectivity index (χ4n) is 2.20. The van der Waals surface area contributed by atoms with Crippen LogP contribution < -0.4 is 5.32 Å². The number of anilines is 1. The summed E-state index contributed by atoms with van der Waals surface area (Å²) in [4.78, 5) is 4.30. The molecule has 0 aliphatic heterocycles. The van der Waals surface area contributed by atoms with E-state index in [1.54, 1.807) is 17.1 Å². The average Bonchev–Trinajstić information content (AvgIpc) is 3.09. The van der Waals surface area contributed by atoms with Gasteiger partial charge in [0.15, 0.2) is 5.65 Å². The summed E-state index contributed by atoms with van der Waals surface area (Å²) in [5.74, 6) is 1.87. The Balaban J connectivity index is 1.54. The van der Waals surface area contributed by atoms with E-state index in [0.29, 0.717) is 18.4 Å². The van der Waals surface area contributed by atoms with Crippen LogP contribution in [0.4, 0.5) is 5.69 Å². The maximum Gasteiger partial charge on any atom is 0.235 e. The number of nitrogens with one attached hydrogen (secondary N) is 1. The molecule has 0 bridgehead atoms. The summed E-state index contributed by atoms with van der Waals surface area (Å²) < 4.78 is 7.37. The Hall–Kier alpha value is -2.44. The molecular weight excluding hydrogens is 256 g/mol. The molecule has 0 amide bonds. The largest absolute Gasteiger partial charge is 0.423 e. The van der Waals surface area contributed by atoms with Crippen LogP contribution in [0.5, 0.6) is 0 Å². The number of pyridine rings is 1. The Kier molecular flexibility index (Phi) is 2.45. The second-order valence-corrected chi connectivity index (χ2v) is 5.03. The molecule has 7 nitrogen and oxygen atoms in total. The van der Waals surface area contributed by atoms with E-state index in [1.165, 1.54) is 0 Å². The van der Waals surface area contributed by atoms with Crippen LogP contribution in [-0.4, -0.2) is 25.0 Å². The van der Waals surface area contributed by atoms with Crippen molar-refractivity contribution in [1.82, 2.24) is 25.0 Å². The number of aromatic nitrogens is 5. The van der Waals surface area contributed by atoms with Crippen molar-refractivity contribution < 1.29 is 4.42 Å². The molecule has 3 aromatic heterocycles. The molecule has 7 heteroatoms.